The van der Waals surface area contributed by atoms with E-state index in [0.29, 0.717) is 31.5 Å². The summed E-state index contributed by atoms with van der Waals surface area (Å²) in [7, 11) is 0. The van der Waals surface area contributed by atoms with E-state index in [-0.39, 0.29) is 42.5 Å². The molecule has 172 valence electrons. The van der Waals surface area contributed by atoms with Gasteiger partial charge in [-0.15, -0.1) is 0 Å². The molecule has 0 saturated carbocycles. The van der Waals surface area contributed by atoms with Gasteiger partial charge >= 0.3 is 11.9 Å². The number of esters is 2. The molecule has 0 aliphatic heterocycles. The highest BCUT2D eigenvalue weighted by molar-refractivity contribution is 5.75. The smallest absolute Gasteiger partial charge is 0.323 e. The summed E-state index contributed by atoms with van der Waals surface area (Å²) < 4.78 is 12.4. The molecule has 0 aliphatic rings. The number of ether oxygens (including phenoxy) is 2. The van der Waals surface area contributed by atoms with E-state index in [2.05, 4.69) is 15.0 Å². The van der Waals surface area contributed by atoms with Crippen LogP contribution in [-0.4, -0.2) is 50.7 Å². The van der Waals surface area contributed by atoms with Crippen molar-refractivity contribution in [2.75, 3.05) is 18.9 Å². The summed E-state index contributed by atoms with van der Waals surface area (Å²) in [6.07, 6.45) is 3.70. The van der Waals surface area contributed by atoms with Gasteiger partial charge in [-0.05, 0) is 18.8 Å². The third-order valence-electron chi connectivity index (χ3n) is 5.18. The summed E-state index contributed by atoms with van der Waals surface area (Å²) in [5.74, 6) is -0.945. The molecule has 31 heavy (non-hydrogen) atoms. The third kappa shape index (κ3) is 6.78. The fourth-order valence-corrected chi connectivity index (χ4v) is 3.01. The van der Waals surface area contributed by atoms with Gasteiger partial charge in [0.15, 0.2) is 11.2 Å². The van der Waals surface area contributed by atoms with E-state index in [0.717, 1.165) is 6.42 Å². The summed E-state index contributed by atoms with van der Waals surface area (Å²) in [4.78, 5) is 46.6. The Morgan fingerprint density at radius 3 is 2.71 bits per heavy atom. The largest absolute Gasteiger partial charge is 0.465 e. The second-order valence-electron chi connectivity index (χ2n) is 7.69. The minimum absolute atomic E-state index is 0.0156. The SMILES string of the molecule is CCCC(=O)OC[C@H](CCOC(=O)[C@@H](N)C(C)CC)Cn1cnc2c(=O)[nH]c(N)nc21. The van der Waals surface area contributed by atoms with Crippen LogP contribution in [0.2, 0.25) is 0 Å². The van der Waals surface area contributed by atoms with Crippen LogP contribution in [0.3, 0.4) is 0 Å². The Hall–Kier alpha value is -2.95. The Balaban J connectivity index is 2.07. The number of nitrogens with one attached hydrogen (secondary N) is 1. The zero-order valence-corrected chi connectivity index (χ0v) is 18.3. The molecule has 0 spiro atoms. The Morgan fingerprint density at radius 1 is 1.29 bits per heavy atom. The van der Waals surface area contributed by atoms with E-state index in [1.165, 1.54) is 6.33 Å². The molecule has 1 unspecified atom stereocenters. The number of nitrogens with zero attached hydrogens (tertiary/aromatic N) is 3. The normalized spacial score (nSPS) is 14.2. The van der Waals surface area contributed by atoms with Crippen LogP contribution in [0.4, 0.5) is 5.95 Å². The molecule has 0 aliphatic carbocycles. The summed E-state index contributed by atoms with van der Waals surface area (Å²) in [6.45, 7) is 6.35. The maximum absolute atomic E-state index is 12.1. The monoisotopic (exact) mass is 436 g/mol. The van der Waals surface area contributed by atoms with Gasteiger partial charge in [-0.25, -0.2) is 4.98 Å². The lowest BCUT2D eigenvalue weighted by Crippen LogP contribution is -2.38. The maximum atomic E-state index is 12.1. The van der Waals surface area contributed by atoms with Crippen LogP contribution in [-0.2, 0) is 25.6 Å². The van der Waals surface area contributed by atoms with E-state index in [1.807, 2.05) is 20.8 Å². The fraction of sp³-hybridized carbons (Fsp3) is 0.650. The molecule has 2 aromatic heterocycles. The molecule has 0 saturated heterocycles. The van der Waals surface area contributed by atoms with Crippen LogP contribution in [0.15, 0.2) is 11.1 Å². The lowest BCUT2D eigenvalue weighted by atomic mass is 10.0. The number of aromatic nitrogens is 4. The predicted octanol–water partition coefficient (Wildman–Crippen LogP) is 0.968. The number of hydrogen-bond acceptors (Lipinski definition) is 9. The van der Waals surface area contributed by atoms with E-state index in [4.69, 9.17) is 20.9 Å². The highest BCUT2D eigenvalue weighted by Gasteiger charge is 2.22. The molecule has 2 heterocycles. The first-order valence-corrected chi connectivity index (χ1v) is 10.5. The summed E-state index contributed by atoms with van der Waals surface area (Å²) in [6, 6.07) is -0.678. The first kappa shape index (κ1) is 24.3. The highest BCUT2D eigenvalue weighted by atomic mass is 16.5. The van der Waals surface area contributed by atoms with Gasteiger partial charge in [0, 0.05) is 18.9 Å². The van der Waals surface area contributed by atoms with Crippen molar-refractivity contribution >= 4 is 29.1 Å². The second-order valence-corrected chi connectivity index (χ2v) is 7.69. The predicted molar refractivity (Wildman–Crippen MR) is 115 cm³/mol. The molecular formula is C20H32N6O5. The van der Waals surface area contributed by atoms with E-state index in [1.54, 1.807) is 4.57 Å². The molecule has 3 atom stereocenters. The molecule has 0 fully saturated rings. The molecular weight excluding hydrogens is 404 g/mol. The quantitative estimate of drug-likeness (QED) is 0.410. The van der Waals surface area contributed by atoms with Crippen molar-refractivity contribution in [1.29, 1.82) is 0 Å². The van der Waals surface area contributed by atoms with Gasteiger partial charge in [-0.1, -0.05) is 27.2 Å². The fourth-order valence-electron chi connectivity index (χ4n) is 3.01. The van der Waals surface area contributed by atoms with Gasteiger partial charge in [-0.3, -0.25) is 19.4 Å². The van der Waals surface area contributed by atoms with Crippen molar-refractivity contribution in [3.8, 4) is 0 Å². The molecule has 0 amide bonds. The summed E-state index contributed by atoms with van der Waals surface area (Å²) in [5, 5.41) is 0. The molecule has 0 radical (unpaired) electrons. The van der Waals surface area contributed by atoms with Gasteiger partial charge < -0.3 is 25.5 Å². The molecule has 11 nitrogen and oxygen atoms in total. The van der Waals surface area contributed by atoms with Crippen molar-refractivity contribution < 1.29 is 19.1 Å². The molecule has 11 heteroatoms. The topological polar surface area (TPSA) is 168 Å². The van der Waals surface area contributed by atoms with Crippen LogP contribution in [0.25, 0.3) is 11.2 Å². The Bertz CT molecular complexity index is 940. The van der Waals surface area contributed by atoms with E-state index < -0.39 is 17.6 Å². The van der Waals surface area contributed by atoms with Crippen molar-refractivity contribution in [3.05, 3.63) is 16.7 Å². The van der Waals surface area contributed by atoms with Gasteiger partial charge in [0.1, 0.15) is 6.04 Å². The number of H-pyrrole nitrogens is 1. The molecule has 0 aromatic carbocycles. The Morgan fingerprint density at radius 2 is 2.03 bits per heavy atom. The molecule has 2 aromatic rings. The summed E-state index contributed by atoms with van der Waals surface area (Å²) in [5.41, 5.74) is 11.6. The Kier molecular flexibility index (Phi) is 8.98. The van der Waals surface area contributed by atoms with Crippen LogP contribution >= 0.6 is 0 Å². The van der Waals surface area contributed by atoms with Crippen LogP contribution in [0, 0.1) is 11.8 Å². The molecule has 0 bridgehead atoms. The number of nitrogens with two attached hydrogens (primary N) is 2. The number of aromatic amines is 1. The zero-order chi connectivity index (χ0) is 23.0. The van der Waals surface area contributed by atoms with Gasteiger partial charge in [0.2, 0.25) is 5.95 Å². The number of hydrogen-bond donors (Lipinski definition) is 3. The molecule has 2 rings (SSSR count). The maximum Gasteiger partial charge on any atom is 0.323 e. The lowest BCUT2D eigenvalue weighted by molar-refractivity contribution is -0.149. The van der Waals surface area contributed by atoms with Crippen LogP contribution in [0.5, 0.6) is 0 Å². The highest BCUT2D eigenvalue weighted by Crippen LogP contribution is 2.15. The minimum Gasteiger partial charge on any atom is -0.465 e. The number of fused-ring (bicyclic) bond motifs is 1. The van der Waals surface area contributed by atoms with Crippen LogP contribution < -0.4 is 17.0 Å². The lowest BCUT2D eigenvalue weighted by Gasteiger charge is -2.20. The standard InChI is InChI=1S/C20H32N6O5/c1-4-6-14(27)31-10-13(7-8-30-19(29)15(21)12(3)5-2)9-26-11-23-16-17(26)24-20(22)25-18(16)28/h11-13,15H,4-10,21H2,1-3H3,(H3,22,24,25,28)/t12?,13-,15+/m1/s1. The number of nitrogen functional groups attached to an aromatic ring is 1. The van der Waals surface area contributed by atoms with Gasteiger partial charge in [-0.2, -0.15) is 4.98 Å². The second kappa shape index (κ2) is 11.4. The van der Waals surface area contributed by atoms with Gasteiger partial charge in [0.05, 0.1) is 19.5 Å². The third-order valence-corrected chi connectivity index (χ3v) is 5.18. The first-order valence-electron chi connectivity index (χ1n) is 10.5. The summed E-state index contributed by atoms with van der Waals surface area (Å²) >= 11 is 0. The van der Waals surface area contributed by atoms with Crippen LogP contribution in [0.1, 0.15) is 46.5 Å². The molecule has 5 N–H and O–H groups in total. The Labute approximate surface area is 180 Å². The number of rotatable bonds is 12. The number of carbonyl (C=O) groups excluding carboxylic acids is 2. The van der Waals surface area contributed by atoms with E-state index in [9.17, 15) is 14.4 Å². The number of imidazole rings is 1. The van der Waals surface area contributed by atoms with Gasteiger partial charge in [0.25, 0.3) is 5.56 Å². The average molecular weight is 437 g/mol. The van der Waals surface area contributed by atoms with Crippen molar-refractivity contribution in [2.45, 2.75) is 59.0 Å². The number of carbonyl (C=O) groups is 2. The van der Waals surface area contributed by atoms with E-state index >= 15 is 0 Å². The minimum atomic E-state index is -0.678. The first-order chi connectivity index (χ1) is 14.8. The zero-order valence-electron chi connectivity index (χ0n) is 18.3. The number of anilines is 1. The average Bonchev–Trinajstić information content (AvgIpc) is 3.13. The van der Waals surface area contributed by atoms with Crippen molar-refractivity contribution in [3.63, 3.8) is 0 Å². The van der Waals surface area contributed by atoms with Crippen molar-refractivity contribution in [1.82, 2.24) is 19.5 Å². The van der Waals surface area contributed by atoms with Crippen molar-refractivity contribution in [2.24, 2.45) is 17.6 Å².